The van der Waals surface area contributed by atoms with Crippen molar-refractivity contribution in [1.82, 2.24) is 0 Å². The van der Waals surface area contributed by atoms with Crippen LogP contribution in [0.25, 0.3) is 6.08 Å². The normalized spacial score (nSPS) is 11.4. The fourth-order valence-corrected chi connectivity index (χ4v) is 3.10. The minimum absolute atomic E-state index is 0.444. The molecule has 0 spiro atoms. The van der Waals surface area contributed by atoms with Gasteiger partial charge in [0.05, 0.1) is 21.3 Å². The number of rotatable bonds is 10. The Hall–Kier alpha value is -4.46. The summed E-state index contributed by atoms with van der Waals surface area (Å²) in [5.74, 6) is 1.56. The van der Waals surface area contributed by atoms with E-state index < -0.39 is 18.0 Å². The molecule has 3 aromatic carbocycles. The fourth-order valence-electron chi connectivity index (χ4n) is 3.10. The van der Waals surface area contributed by atoms with Crippen molar-refractivity contribution in [2.75, 3.05) is 26.6 Å². The molecular weight excluding hydrogens is 450 g/mol. The summed E-state index contributed by atoms with van der Waals surface area (Å²) in [4.78, 5) is 24.7. The second-order valence-electron chi connectivity index (χ2n) is 7.30. The Morgan fingerprint density at radius 2 is 1.43 bits per heavy atom. The third kappa shape index (κ3) is 7.01. The number of anilines is 1. The third-order valence-corrected chi connectivity index (χ3v) is 4.86. The Balaban J connectivity index is 1.55. The Bertz CT molecular complexity index is 1150. The van der Waals surface area contributed by atoms with Gasteiger partial charge in [-0.3, -0.25) is 4.79 Å². The second-order valence-corrected chi connectivity index (χ2v) is 7.30. The molecule has 0 heterocycles. The second kappa shape index (κ2) is 12.1. The molecule has 3 rings (SSSR count). The van der Waals surface area contributed by atoms with Gasteiger partial charge in [-0.15, -0.1) is 0 Å². The molecule has 35 heavy (non-hydrogen) atoms. The molecule has 1 unspecified atom stereocenters. The van der Waals surface area contributed by atoms with E-state index in [2.05, 4.69) is 5.32 Å². The zero-order valence-electron chi connectivity index (χ0n) is 19.9. The van der Waals surface area contributed by atoms with Crippen LogP contribution < -0.4 is 24.3 Å². The number of hydrogen-bond donors (Lipinski definition) is 1. The van der Waals surface area contributed by atoms with Crippen LogP contribution in [0.5, 0.6) is 28.7 Å². The van der Waals surface area contributed by atoms with E-state index in [9.17, 15) is 9.59 Å². The van der Waals surface area contributed by atoms with E-state index >= 15 is 0 Å². The topological polar surface area (TPSA) is 92.3 Å². The van der Waals surface area contributed by atoms with E-state index in [-0.39, 0.29) is 0 Å². The van der Waals surface area contributed by atoms with Gasteiger partial charge in [-0.2, -0.15) is 0 Å². The van der Waals surface area contributed by atoms with Crippen molar-refractivity contribution in [3.8, 4) is 28.7 Å². The molecule has 0 aromatic heterocycles. The summed E-state index contributed by atoms with van der Waals surface area (Å²) in [5, 5.41) is 2.71. The number of amides is 1. The Kier molecular flexibility index (Phi) is 8.72. The molecule has 1 atom stereocenters. The van der Waals surface area contributed by atoms with Crippen molar-refractivity contribution in [3.05, 3.63) is 78.4 Å². The minimum Gasteiger partial charge on any atom is -0.493 e. The van der Waals surface area contributed by atoms with Crippen LogP contribution in [0.3, 0.4) is 0 Å². The number of hydrogen-bond acceptors (Lipinski definition) is 7. The lowest BCUT2D eigenvalue weighted by Gasteiger charge is -2.13. The van der Waals surface area contributed by atoms with Crippen molar-refractivity contribution >= 4 is 23.6 Å². The van der Waals surface area contributed by atoms with Gasteiger partial charge >= 0.3 is 5.97 Å². The van der Waals surface area contributed by atoms with Crippen molar-refractivity contribution in [2.45, 2.75) is 13.0 Å². The van der Waals surface area contributed by atoms with Gasteiger partial charge in [0.25, 0.3) is 5.91 Å². The SMILES string of the molecule is COc1cc(/C=C/C(=O)OC(C)C(=O)Nc2ccc(Oc3ccccc3)cc2)cc(OC)c1OC. The number of methoxy groups -OCH3 is 3. The van der Waals surface area contributed by atoms with Gasteiger partial charge in [0.2, 0.25) is 5.75 Å². The van der Waals surface area contributed by atoms with Gasteiger partial charge < -0.3 is 29.0 Å². The van der Waals surface area contributed by atoms with E-state index in [1.807, 2.05) is 30.3 Å². The predicted octanol–water partition coefficient (Wildman–Crippen LogP) is 5.09. The third-order valence-electron chi connectivity index (χ3n) is 4.86. The molecule has 0 radical (unpaired) electrons. The Labute approximate surface area is 204 Å². The van der Waals surface area contributed by atoms with Crippen LogP contribution in [0, 0.1) is 0 Å². The summed E-state index contributed by atoms with van der Waals surface area (Å²) in [6.45, 7) is 1.49. The summed E-state index contributed by atoms with van der Waals surface area (Å²) in [5.41, 5.74) is 1.18. The van der Waals surface area contributed by atoms with E-state index in [0.717, 1.165) is 0 Å². The van der Waals surface area contributed by atoms with E-state index in [0.29, 0.717) is 40.0 Å². The number of benzene rings is 3. The molecule has 0 bridgehead atoms. The predicted molar refractivity (Wildman–Crippen MR) is 132 cm³/mol. The number of carbonyl (C=O) groups excluding carboxylic acids is 2. The zero-order chi connectivity index (χ0) is 25.2. The lowest BCUT2D eigenvalue weighted by molar-refractivity contribution is -0.148. The highest BCUT2D eigenvalue weighted by molar-refractivity contribution is 5.96. The highest BCUT2D eigenvalue weighted by Crippen LogP contribution is 2.38. The summed E-state index contributed by atoms with van der Waals surface area (Å²) in [7, 11) is 4.51. The van der Waals surface area contributed by atoms with Gasteiger partial charge in [0.15, 0.2) is 17.6 Å². The highest BCUT2D eigenvalue weighted by atomic mass is 16.5. The molecule has 0 saturated heterocycles. The molecular formula is C27H27NO7. The van der Waals surface area contributed by atoms with Gasteiger partial charge in [-0.25, -0.2) is 4.79 Å². The minimum atomic E-state index is -1.01. The van der Waals surface area contributed by atoms with Crippen LogP contribution in [0.1, 0.15) is 12.5 Å². The van der Waals surface area contributed by atoms with Crippen LogP contribution >= 0.6 is 0 Å². The zero-order valence-corrected chi connectivity index (χ0v) is 19.9. The molecule has 8 nitrogen and oxygen atoms in total. The lowest BCUT2D eigenvalue weighted by Crippen LogP contribution is -2.29. The Morgan fingerprint density at radius 3 is 2.00 bits per heavy atom. The first-order valence-corrected chi connectivity index (χ1v) is 10.8. The average molecular weight is 478 g/mol. The first-order valence-electron chi connectivity index (χ1n) is 10.8. The summed E-state index contributed by atoms with van der Waals surface area (Å²) < 4.78 is 26.8. The van der Waals surface area contributed by atoms with Crippen molar-refractivity contribution in [3.63, 3.8) is 0 Å². The van der Waals surface area contributed by atoms with Crippen molar-refractivity contribution < 1.29 is 33.3 Å². The van der Waals surface area contributed by atoms with Gasteiger partial charge in [-0.05, 0) is 67.1 Å². The van der Waals surface area contributed by atoms with Gasteiger partial charge in [0, 0.05) is 11.8 Å². The highest BCUT2D eigenvalue weighted by Gasteiger charge is 2.17. The molecule has 1 amide bonds. The number of ether oxygens (including phenoxy) is 5. The summed E-state index contributed by atoms with van der Waals surface area (Å²) in [6.07, 6.45) is 1.75. The first kappa shape index (κ1) is 25.2. The van der Waals surface area contributed by atoms with Crippen LogP contribution in [-0.4, -0.2) is 39.3 Å². The smallest absolute Gasteiger partial charge is 0.331 e. The van der Waals surface area contributed by atoms with E-state index in [1.54, 1.807) is 36.4 Å². The molecule has 182 valence electrons. The van der Waals surface area contributed by atoms with Crippen LogP contribution in [0.15, 0.2) is 72.8 Å². The summed E-state index contributed by atoms with van der Waals surface area (Å²) in [6, 6.07) is 19.6. The van der Waals surface area contributed by atoms with Crippen molar-refractivity contribution in [2.24, 2.45) is 0 Å². The van der Waals surface area contributed by atoms with E-state index in [1.165, 1.54) is 40.4 Å². The fraction of sp³-hybridized carbons (Fsp3) is 0.185. The molecule has 1 N–H and O–H groups in total. The molecule has 8 heteroatoms. The average Bonchev–Trinajstić information content (AvgIpc) is 2.88. The first-order chi connectivity index (χ1) is 16.9. The monoisotopic (exact) mass is 477 g/mol. The maximum atomic E-state index is 12.4. The summed E-state index contributed by atoms with van der Waals surface area (Å²) >= 11 is 0. The maximum absolute atomic E-state index is 12.4. The molecule has 0 aliphatic heterocycles. The van der Waals surface area contributed by atoms with Crippen LogP contribution in [-0.2, 0) is 14.3 Å². The number of nitrogens with one attached hydrogen (secondary N) is 1. The molecule has 0 fully saturated rings. The largest absolute Gasteiger partial charge is 0.493 e. The van der Waals surface area contributed by atoms with Crippen molar-refractivity contribution in [1.29, 1.82) is 0 Å². The quantitative estimate of drug-likeness (QED) is 0.321. The number of para-hydroxylation sites is 1. The standard InChI is InChI=1S/C27H27NO7/c1-18(27(30)28-20-11-13-22(14-12-20)35-21-8-6-5-7-9-21)34-25(29)15-10-19-16-23(31-2)26(33-4)24(17-19)32-3/h5-18H,1-4H3,(H,28,30)/b15-10+. The number of esters is 1. The maximum Gasteiger partial charge on any atom is 0.331 e. The molecule has 0 aliphatic carbocycles. The van der Waals surface area contributed by atoms with E-state index in [4.69, 9.17) is 23.7 Å². The lowest BCUT2D eigenvalue weighted by atomic mass is 10.1. The molecule has 3 aromatic rings. The Morgan fingerprint density at radius 1 is 0.829 bits per heavy atom. The van der Waals surface area contributed by atoms with Crippen LogP contribution in [0.2, 0.25) is 0 Å². The molecule has 0 saturated carbocycles. The molecule has 0 aliphatic rings. The number of carbonyl (C=O) groups is 2. The van der Waals surface area contributed by atoms with Crippen LogP contribution in [0.4, 0.5) is 5.69 Å². The van der Waals surface area contributed by atoms with Gasteiger partial charge in [0.1, 0.15) is 11.5 Å². The van der Waals surface area contributed by atoms with Gasteiger partial charge in [-0.1, -0.05) is 18.2 Å².